The summed E-state index contributed by atoms with van der Waals surface area (Å²) in [6.07, 6.45) is 0. The van der Waals surface area contributed by atoms with Gasteiger partial charge in [-0.3, -0.25) is 0 Å². The molecule has 0 aliphatic rings. The number of furan rings is 1. The molecule has 0 bridgehead atoms. The Hall–Kier alpha value is -6.79. The molecule has 0 saturated carbocycles. The first kappa shape index (κ1) is 28.4. The molecule has 0 aliphatic carbocycles. The van der Waals surface area contributed by atoms with E-state index in [-0.39, 0.29) is 0 Å². The minimum atomic E-state index is 0.549. The topological polar surface area (TPSA) is 77.6 Å². The second-order valence-electron chi connectivity index (χ2n) is 11.7. The summed E-state index contributed by atoms with van der Waals surface area (Å²) in [5, 5.41) is 1.85. The lowest BCUT2D eigenvalue weighted by Gasteiger charge is -2.10. The highest BCUT2D eigenvalue weighted by Gasteiger charge is 2.19. The molecule has 6 heteroatoms. The summed E-state index contributed by atoms with van der Waals surface area (Å²) >= 11 is 0. The van der Waals surface area contributed by atoms with Gasteiger partial charge in [0.1, 0.15) is 5.58 Å². The Morgan fingerprint density at radius 1 is 0.327 bits per heavy atom. The van der Waals surface area contributed by atoms with Gasteiger partial charge in [-0.05, 0) is 23.3 Å². The summed E-state index contributed by atoms with van der Waals surface area (Å²) in [6, 6.07) is 54.8. The Morgan fingerprint density at radius 2 is 0.796 bits per heavy atom. The van der Waals surface area contributed by atoms with Gasteiger partial charge < -0.3 is 4.42 Å². The van der Waals surface area contributed by atoms with Crippen LogP contribution in [0.1, 0.15) is 0 Å². The van der Waals surface area contributed by atoms with E-state index in [1.807, 2.05) is 121 Å². The lowest BCUT2D eigenvalue weighted by Crippen LogP contribution is -2.00. The quantitative estimate of drug-likeness (QED) is 0.182. The van der Waals surface area contributed by atoms with Crippen LogP contribution in [0.3, 0.4) is 0 Å². The zero-order chi connectivity index (χ0) is 32.6. The van der Waals surface area contributed by atoms with Crippen molar-refractivity contribution < 1.29 is 4.42 Å². The second-order valence-corrected chi connectivity index (χ2v) is 11.7. The van der Waals surface area contributed by atoms with E-state index < -0.39 is 0 Å². The third-order valence-corrected chi connectivity index (χ3v) is 8.58. The molecule has 0 N–H and O–H groups in total. The van der Waals surface area contributed by atoms with Crippen molar-refractivity contribution in [2.75, 3.05) is 0 Å². The smallest absolute Gasteiger partial charge is 0.231 e. The minimum absolute atomic E-state index is 0.549. The molecule has 9 aromatic rings. The van der Waals surface area contributed by atoms with Gasteiger partial charge in [-0.1, -0.05) is 152 Å². The SMILES string of the molecule is c1ccc(-c2cccc(-c3nc(-c4ccc(-c5nc(-c6ccccc6)nc(-c6ccccc6)n5)cc4)c4c(n3)oc3ccccc34)c2)cc1. The molecular formula is C43H27N5O. The van der Waals surface area contributed by atoms with E-state index in [0.29, 0.717) is 29.0 Å². The van der Waals surface area contributed by atoms with Crippen LogP contribution in [-0.2, 0) is 0 Å². The average molecular weight is 630 g/mol. The Balaban J connectivity index is 1.18. The van der Waals surface area contributed by atoms with Crippen LogP contribution in [0, 0.1) is 0 Å². The molecule has 0 radical (unpaired) electrons. The van der Waals surface area contributed by atoms with Gasteiger partial charge in [-0.15, -0.1) is 0 Å². The van der Waals surface area contributed by atoms with Gasteiger partial charge in [0.2, 0.25) is 5.71 Å². The number of benzene rings is 6. The van der Waals surface area contributed by atoms with Gasteiger partial charge >= 0.3 is 0 Å². The van der Waals surface area contributed by atoms with Gasteiger partial charge in [0.05, 0.1) is 11.1 Å². The Labute approximate surface area is 282 Å². The molecule has 230 valence electrons. The van der Waals surface area contributed by atoms with E-state index >= 15 is 0 Å². The summed E-state index contributed by atoms with van der Waals surface area (Å²) in [4.78, 5) is 24.8. The van der Waals surface area contributed by atoms with Crippen LogP contribution in [0.5, 0.6) is 0 Å². The summed E-state index contributed by atoms with van der Waals surface area (Å²) < 4.78 is 6.32. The third kappa shape index (κ3) is 5.41. The van der Waals surface area contributed by atoms with Gasteiger partial charge in [0.15, 0.2) is 23.3 Å². The van der Waals surface area contributed by atoms with Gasteiger partial charge in [-0.2, -0.15) is 4.98 Å². The monoisotopic (exact) mass is 629 g/mol. The number of hydrogen-bond donors (Lipinski definition) is 0. The van der Waals surface area contributed by atoms with Crippen molar-refractivity contribution in [3.63, 3.8) is 0 Å². The molecule has 0 unspecified atom stereocenters. The zero-order valence-corrected chi connectivity index (χ0v) is 26.2. The van der Waals surface area contributed by atoms with Crippen LogP contribution in [0.2, 0.25) is 0 Å². The fourth-order valence-electron chi connectivity index (χ4n) is 6.14. The van der Waals surface area contributed by atoms with Crippen molar-refractivity contribution in [1.82, 2.24) is 24.9 Å². The largest absolute Gasteiger partial charge is 0.438 e. The van der Waals surface area contributed by atoms with Crippen molar-refractivity contribution in [3.8, 4) is 67.9 Å². The molecule has 0 saturated heterocycles. The number of fused-ring (bicyclic) bond motifs is 3. The highest BCUT2D eigenvalue weighted by molar-refractivity contribution is 6.10. The van der Waals surface area contributed by atoms with E-state index in [2.05, 4.69) is 42.5 Å². The molecule has 49 heavy (non-hydrogen) atoms. The fourth-order valence-corrected chi connectivity index (χ4v) is 6.14. The number of aromatic nitrogens is 5. The Bertz CT molecular complexity index is 2530. The standard InChI is InChI=1S/C43H27N5O/c1-4-13-28(14-5-1)33-19-12-20-34(27-33)42-44-38(37-35-21-10-11-22-36(35)49-43(37)48-42)29-23-25-32(26-24-29)41-46-39(30-15-6-2-7-16-30)45-40(47-41)31-17-8-3-9-18-31/h1-27H. The first-order valence-corrected chi connectivity index (χ1v) is 16.1. The number of rotatable bonds is 6. The maximum atomic E-state index is 6.32. The zero-order valence-electron chi connectivity index (χ0n) is 26.2. The van der Waals surface area contributed by atoms with Gasteiger partial charge in [0.25, 0.3) is 0 Å². The van der Waals surface area contributed by atoms with Crippen LogP contribution < -0.4 is 0 Å². The highest BCUT2D eigenvalue weighted by atomic mass is 16.3. The normalized spacial score (nSPS) is 11.3. The number of hydrogen-bond acceptors (Lipinski definition) is 6. The summed E-state index contributed by atoms with van der Waals surface area (Å²) in [5.74, 6) is 2.44. The van der Waals surface area contributed by atoms with Crippen molar-refractivity contribution in [3.05, 3.63) is 164 Å². The molecule has 0 fully saturated rings. The summed E-state index contributed by atoms with van der Waals surface area (Å²) in [6.45, 7) is 0. The van der Waals surface area contributed by atoms with Crippen molar-refractivity contribution in [1.29, 1.82) is 0 Å². The maximum absolute atomic E-state index is 6.32. The predicted octanol–water partition coefficient (Wildman–Crippen LogP) is 10.6. The van der Waals surface area contributed by atoms with E-state index in [1.54, 1.807) is 0 Å². The first-order valence-electron chi connectivity index (χ1n) is 16.1. The molecule has 3 heterocycles. The van der Waals surface area contributed by atoms with E-state index in [9.17, 15) is 0 Å². The molecule has 0 spiro atoms. The van der Waals surface area contributed by atoms with Crippen molar-refractivity contribution in [2.45, 2.75) is 0 Å². The van der Waals surface area contributed by atoms with Crippen molar-refractivity contribution >= 4 is 22.1 Å². The van der Waals surface area contributed by atoms with Crippen LogP contribution in [-0.4, -0.2) is 24.9 Å². The molecule has 3 aromatic heterocycles. The first-order chi connectivity index (χ1) is 24.3. The fraction of sp³-hybridized carbons (Fsp3) is 0. The Kier molecular flexibility index (Phi) is 7.02. The number of nitrogens with zero attached hydrogens (tertiary/aromatic N) is 5. The molecule has 6 aromatic carbocycles. The van der Waals surface area contributed by atoms with Crippen molar-refractivity contribution in [2.24, 2.45) is 0 Å². The molecule has 6 nitrogen and oxygen atoms in total. The van der Waals surface area contributed by atoms with E-state index in [0.717, 1.165) is 61.0 Å². The molecule has 0 amide bonds. The highest BCUT2D eigenvalue weighted by Crippen LogP contribution is 2.37. The van der Waals surface area contributed by atoms with Crippen LogP contribution in [0.4, 0.5) is 0 Å². The lowest BCUT2D eigenvalue weighted by atomic mass is 10.0. The van der Waals surface area contributed by atoms with Crippen LogP contribution in [0.25, 0.3) is 90.0 Å². The molecule has 0 aliphatic heterocycles. The van der Waals surface area contributed by atoms with E-state index in [4.69, 9.17) is 29.3 Å². The summed E-state index contributed by atoms with van der Waals surface area (Å²) in [5.41, 5.74) is 8.93. The van der Waals surface area contributed by atoms with E-state index in [1.165, 1.54) is 0 Å². The van der Waals surface area contributed by atoms with Crippen LogP contribution in [0.15, 0.2) is 168 Å². The average Bonchev–Trinajstić information content (AvgIpc) is 3.57. The molecule has 0 atom stereocenters. The van der Waals surface area contributed by atoms with Gasteiger partial charge in [-0.25, -0.2) is 19.9 Å². The molecule has 9 rings (SSSR count). The third-order valence-electron chi connectivity index (χ3n) is 8.58. The number of para-hydroxylation sites is 1. The summed E-state index contributed by atoms with van der Waals surface area (Å²) in [7, 11) is 0. The Morgan fingerprint density at radius 3 is 1.43 bits per heavy atom. The van der Waals surface area contributed by atoms with Crippen LogP contribution >= 0.6 is 0 Å². The minimum Gasteiger partial charge on any atom is -0.438 e. The predicted molar refractivity (Wildman–Crippen MR) is 195 cm³/mol. The lowest BCUT2D eigenvalue weighted by molar-refractivity contribution is 0.653. The maximum Gasteiger partial charge on any atom is 0.231 e. The van der Waals surface area contributed by atoms with Gasteiger partial charge in [0, 0.05) is 33.2 Å². The molecular weight excluding hydrogens is 603 g/mol. The second kappa shape index (κ2) is 12.1.